The number of aliphatic carboxylic acids is 1. The van der Waals surface area contributed by atoms with E-state index in [1.54, 1.807) is 6.92 Å². The maximum Gasteiger partial charge on any atom is 0.328 e. The lowest BCUT2D eigenvalue weighted by atomic mass is 9.97. The van der Waals surface area contributed by atoms with E-state index in [0.29, 0.717) is 12.8 Å². The molecule has 0 fully saturated rings. The topological polar surface area (TPSA) is 171 Å². The van der Waals surface area contributed by atoms with Crippen molar-refractivity contribution in [3.05, 3.63) is 35.9 Å². The van der Waals surface area contributed by atoms with Crippen molar-refractivity contribution in [2.45, 2.75) is 70.8 Å². The standard InChI is InChI=1S/C22H34N4O6/c1-5-12(2)17(25-20(29)16(23)11-15-9-7-6-8-10-15)21(30)24-13(3)19(28)26-18(14(4)27)22(31)32/h6-10,12-14,16-18,27H,5,11,23H2,1-4H3,(H,24,30)(H,25,29)(H,26,28)(H,31,32). The average molecular weight is 451 g/mol. The molecule has 32 heavy (non-hydrogen) atoms. The number of aliphatic hydroxyl groups is 1. The number of rotatable bonds is 12. The Morgan fingerprint density at radius 2 is 1.47 bits per heavy atom. The van der Waals surface area contributed by atoms with E-state index in [2.05, 4.69) is 16.0 Å². The van der Waals surface area contributed by atoms with Crippen molar-refractivity contribution in [3.8, 4) is 0 Å². The van der Waals surface area contributed by atoms with Crippen LogP contribution in [-0.4, -0.2) is 64.2 Å². The largest absolute Gasteiger partial charge is 0.480 e. The molecule has 1 rings (SSSR count). The van der Waals surface area contributed by atoms with Crippen molar-refractivity contribution in [1.29, 1.82) is 0 Å². The highest BCUT2D eigenvalue weighted by atomic mass is 16.4. The van der Waals surface area contributed by atoms with Crippen molar-refractivity contribution in [3.63, 3.8) is 0 Å². The summed E-state index contributed by atoms with van der Waals surface area (Å²) in [6.45, 7) is 6.25. The predicted molar refractivity (Wildman–Crippen MR) is 118 cm³/mol. The SMILES string of the molecule is CCC(C)C(NC(=O)C(N)Cc1ccccc1)C(=O)NC(C)C(=O)NC(C(=O)O)C(C)O. The van der Waals surface area contributed by atoms with Crippen LogP contribution in [-0.2, 0) is 25.6 Å². The normalized spacial score (nSPS) is 16.6. The first-order valence-corrected chi connectivity index (χ1v) is 10.6. The third-order valence-corrected chi connectivity index (χ3v) is 5.23. The predicted octanol–water partition coefficient (Wildman–Crippen LogP) is -0.458. The molecular formula is C22H34N4O6. The van der Waals surface area contributed by atoms with Crippen LogP contribution in [0.15, 0.2) is 30.3 Å². The number of nitrogens with one attached hydrogen (secondary N) is 3. The summed E-state index contributed by atoms with van der Waals surface area (Å²) in [7, 11) is 0. The monoisotopic (exact) mass is 450 g/mol. The van der Waals surface area contributed by atoms with E-state index in [9.17, 15) is 24.3 Å². The second kappa shape index (κ2) is 12.8. The number of carboxylic acid groups (broad SMARTS) is 1. The summed E-state index contributed by atoms with van der Waals surface area (Å²) in [4.78, 5) is 48.9. The molecule has 1 aromatic rings. The minimum Gasteiger partial charge on any atom is -0.480 e. The second-order valence-corrected chi connectivity index (χ2v) is 7.96. The molecule has 0 saturated heterocycles. The van der Waals surface area contributed by atoms with E-state index < -0.39 is 54.0 Å². The zero-order valence-electron chi connectivity index (χ0n) is 18.9. The number of hydrogen-bond donors (Lipinski definition) is 6. The summed E-state index contributed by atoms with van der Waals surface area (Å²) in [5.41, 5.74) is 6.90. The molecule has 3 amide bonds. The van der Waals surface area contributed by atoms with Crippen LogP contribution in [0.2, 0.25) is 0 Å². The summed E-state index contributed by atoms with van der Waals surface area (Å²) in [5, 5.41) is 25.9. The minimum atomic E-state index is -1.51. The van der Waals surface area contributed by atoms with Gasteiger partial charge in [0.15, 0.2) is 6.04 Å². The second-order valence-electron chi connectivity index (χ2n) is 7.96. The Balaban J connectivity index is 2.79. The lowest BCUT2D eigenvalue weighted by Crippen LogP contribution is -2.58. The van der Waals surface area contributed by atoms with Crippen molar-refractivity contribution in [2.24, 2.45) is 11.7 Å². The molecule has 0 bridgehead atoms. The number of aliphatic hydroxyl groups excluding tert-OH is 1. The third-order valence-electron chi connectivity index (χ3n) is 5.23. The molecule has 6 unspecified atom stereocenters. The number of carbonyl (C=O) groups is 4. The molecule has 7 N–H and O–H groups in total. The van der Waals surface area contributed by atoms with Crippen LogP contribution in [0.25, 0.3) is 0 Å². The molecule has 0 aliphatic heterocycles. The van der Waals surface area contributed by atoms with Gasteiger partial charge in [0.25, 0.3) is 0 Å². The Kier molecular flexibility index (Phi) is 10.8. The van der Waals surface area contributed by atoms with Gasteiger partial charge in [-0.15, -0.1) is 0 Å². The molecule has 0 aliphatic rings. The van der Waals surface area contributed by atoms with Gasteiger partial charge in [0.05, 0.1) is 12.1 Å². The lowest BCUT2D eigenvalue weighted by Gasteiger charge is -2.27. The molecule has 0 spiro atoms. The number of amides is 3. The molecule has 10 nitrogen and oxygen atoms in total. The maximum atomic E-state index is 12.8. The van der Waals surface area contributed by atoms with Crippen LogP contribution in [0, 0.1) is 5.92 Å². The fourth-order valence-corrected chi connectivity index (χ4v) is 2.96. The summed E-state index contributed by atoms with van der Waals surface area (Å²) >= 11 is 0. The molecule has 0 saturated carbocycles. The molecule has 1 aromatic carbocycles. The van der Waals surface area contributed by atoms with Crippen LogP contribution in [0.1, 0.15) is 39.7 Å². The van der Waals surface area contributed by atoms with E-state index >= 15 is 0 Å². The number of benzene rings is 1. The fourth-order valence-electron chi connectivity index (χ4n) is 2.96. The fraction of sp³-hybridized carbons (Fsp3) is 0.545. The zero-order valence-corrected chi connectivity index (χ0v) is 18.9. The van der Waals surface area contributed by atoms with Crippen molar-refractivity contribution in [2.75, 3.05) is 0 Å². The van der Waals surface area contributed by atoms with Crippen molar-refractivity contribution < 1.29 is 29.4 Å². The van der Waals surface area contributed by atoms with E-state index in [0.717, 1.165) is 5.56 Å². The number of carboxylic acids is 1. The lowest BCUT2D eigenvalue weighted by molar-refractivity contribution is -0.145. The Morgan fingerprint density at radius 1 is 0.906 bits per heavy atom. The van der Waals surface area contributed by atoms with Gasteiger partial charge >= 0.3 is 5.97 Å². The Bertz CT molecular complexity index is 786. The van der Waals surface area contributed by atoms with Crippen LogP contribution >= 0.6 is 0 Å². The first-order valence-electron chi connectivity index (χ1n) is 10.6. The van der Waals surface area contributed by atoms with Gasteiger partial charge in [-0.25, -0.2) is 4.79 Å². The van der Waals surface area contributed by atoms with Gasteiger partial charge in [-0.2, -0.15) is 0 Å². The maximum absolute atomic E-state index is 12.8. The van der Waals surface area contributed by atoms with Gasteiger partial charge < -0.3 is 31.9 Å². The molecule has 0 aromatic heterocycles. The van der Waals surface area contributed by atoms with Crippen LogP contribution < -0.4 is 21.7 Å². The molecule has 0 radical (unpaired) electrons. The van der Waals surface area contributed by atoms with Gasteiger partial charge in [0.1, 0.15) is 12.1 Å². The van der Waals surface area contributed by atoms with E-state index in [1.165, 1.54) is 13.8 Å². The van der Waals surface area contributed by atoms with Gasteiger partial charge in [-0.3, -0.25) is 14.4 Å². The molecule has 10 heteroatoms. The van der Waals surface area contributed by atoms with Gasteiger partial charge in [-0.1, -0.05) is 50.6 Å². The van der Waals surface area contributed by atoms with Gasteiger partial charge in [-0.05, 0) is 31.7 Å². The van der Waals surface area contributed by atoms with E-state index in [-0.39, 0.29) is 5.92 Å². The summed E-state index contributed by atoms with van der Waals surface area (Å²) < 4.78 is 0. The highest BCUT2D eigenvalue weighted by Gasteiger charge is 2.31. The van der Waals surface area contributed by atoms with Crippen LogP contribution in [0.4, 0.5) is 0 Å². The van der Waals surface area contributed by atoms with Gasteiger partial charge in [0.2, 0.25) is 17.7 Å². The molecule has 6 atom stereocenters. The Morgan fingerprint density at radius 3 is 1.97 bits per heavy atom. The zero-order chi connectivity index (χ0) is 24.4. The Labute approximate surface area is 187 Å². The quantitative estimate of drug-likeness (QED) is 0.250. The Hall–Kier alpha value is -2.98. The van der Waals surface area contributed by atoms with E-state index in [4.69, 9.17) is 10.8 Å². The molecule has 178 valence electrons. The number of nitrogens with two attached hydrogens (primary N) is 1. The minimum absolute atomic E-state index is 0.248. The molecule has 0 heterocycles. The third kappa shape index (κ3) is 8.27. The van der Waals surface area contributed by atoms with E-state index in [1.807, 2.05) is 37.3 Å². The number of carbonyl (C=O) groups excluding carboxylic acids is 3. The smallest absolute Gasteiger partial charge is 0.328 e. The van der Waals surface area contributed by atoms with Crippen LogP contribution in [0.3, 0.4) is 0 Å². The summed E-state index contributed by atoms with van der Waals surface area (Å²) in [5.74, 6) is -3.51. The van der Waals surface area contributed by atoms with Crippen molar-refractivity contribution >= 4 is 23.7 Å². The summed E-state index contributed by atoms with van der Waals surface area (Å²) in [6.07, 6.45) is -0.440. The first kappa shape index (κ1) is 27.1. The van der Waals surface area contributed by atoms with Crippen molar-refractivity contribution in [1.82, 2.24) is 16.0 Å². The summed E-state index contributed by atoms with van der Waals surface area (Å²) in [6, 6.07) is 4.84. The first-order chi connectivity index (χ1) is 15.0. The highest BCUT2D eigenvalue weighted by molar-refractivity contribution is 5.94. The average Bonchev–Trinajstić information content (AvgIpc) is 2.74. The molecular weight excluding hydrogens is 416 g/mol. The number of hydrogen-bond acceptors (Lipinski definition) is 6. The molecule has 0 aliphatic carbocycles. The van der Waals surface area contributed by atoms with Crippen LogP contribution in [0.5, 0.6) is 0 Å². The van der Waals surface area contributed by atoms with Gasteiger partial charge in [0, 0.05) is 0 Å². The highest BCUT2D eigenvalue weighted by Crippen LogP contribution is 2.10.